The van der Waals surface area contributed by atoms with Crippen molar-refractivity contribution in [3.63, 3.8) is 0 Å². The number of allylic oxidation sites excluding steroid dienone is 3. The number of esters is 1. The number of hydrogen-bond donors (Lipinski definition) is 6. The van der Waals surface area contributed by atoms with Crippen LogP contribution in [-0.2, 0) is 24.7 Å². The Morgan fingerprint density at radius 2 is 1.69 bits per heavy atom. The molecule has 14 heteroatoms. The molecule has 0 aromatic heterocycles. The van der Waals surface area contributed by atoms with Gasteiger partial charge >= 0.3 is 5.97 Å². The normalized spacial score (nSPS) is 16.4. The van der Waals surface area contributed by atoms with Gasteiger partial charge in [0.05, 0.1) is 25.3 Å². The van der Waals surface area contributed by atoms with Crippen LogP contribution in [0.5, 0.6) is 17.2 Å². The molecule has 0 saturated carbocycles. The first kappa shape index (κ1) is 44.4. The Morgan fingerprint density at radius 1 is 0.966 bits per heavy atom. The Kier molecular flexibility index (Phi) is 16.0. The molecule has 0 saturated heterocycles. The van der Waals surface area contributed by atoms with Gasteiger partial charge in [-0.05, 0) is 73.9 Å². The molecule has 0 radical (unpaired) electrons. The Labute approximate surface area is 342 Å². The summed E-state index contributed by atoms with van der Waals surface area (Å²) in [6.45, 7) is 7.50. The second-order valence-corrected chi connectivity index (χ2v) is 12.8. The van der Waals surface area contributed by atoms with E-state index >= 15 is 0 Å². The lowest BCUT2D eigenvalue weighted by atomic mass is 9.76. The molecule has 3 aromatic rings. The highest BCUT2D eigenvalue weighted by molar-refractivity contribution is 6.07. The third-order valence-corrected chi connectivity index (χ3v) is 8.93. The Bertz CT molecular complexity index is 2240. The van der Waals surface area contributed by atoms with E-state index in [4.69, 9.17) is 20.6 Å². The summed E-state index contributed by atoms with van der Waals surface area (Å²) in [5, 5.41) is 46.9. The van der Waals surface area contributed by atoms with E-state index in [1.807, 2.05) is 13.8 Å². The Morgan fingerprint density at radius 3 is 2.39 bits per heavy atom. The number of phenols is 1. The SMILES string of the molecule is C#CCC/C(O)=C(\C#N)C(=O)Nc1ccc(OCCCCCC(=O)NCC(=O)Nc2ccc3c(c2)C(=O)OC32C(=C/C=C)/C(=C\CO)Oc3cc(O)ccc32)cc1.CC. The van der Waals surface area contributed by atoms with E-state index in [0.29, 0.717) is 59.7 Å². The topological polar surface area (TPSA) is 217 Å². The highest BCUT2D eigenvalue weighted by Gasteiger charge is 2.55. The fourth-order valence-corrected chi connectivity index (χ4v) is 6.29. The number of aromatic hydroxyl groups is 1. The van der Waals surface area contributed by atoms with Crippen molar-refractivity contribution in [2.45, 2.75) is 58.0 Å². The maximum absolute atomic E-state index is 13.4. The second-order valence-electron chi connectivity index (χ2n) is 12.8. The largest absolute Gasteiger partial charge is 0.511 e. The van der Waals surface area contributed by atoms with Crippen molar-refractivity contribution in [3.8, 4) is 35.7 Å². The van der Waals surface area contributed by atoms with Gasteiger partial charge in [0.1, 0.15) is 34.8 Å². The van der Waals surface area contributed by atoms with Gasteiger partial charge in [0.15, 0.2) is 11.2 Å². The molecule has 1 atom stereocenters. The van der Waals surface area contributed by atoms with Crippen molar-refractivity contribution < 1.29 is 48.7 Å². The number of rotatable bonds is 16. The number of fused-ring (bicyclic) bond motifs is 4. The van der Waals surface area contributed by atoms with E-state index in [2.05, 4.69) is 28.4 Å². The molecule has 2 aliphatic heterocycles. The molecule has 2 heterocycles. The van der Waals surface area contributed by atoms with Crippen molar-refractivity contribution in [2.24, 2.45) is 0 Å². The summed E-state index contributed by atoms with van der Waals surface area (Å²) in [7, 11) is 0. The molecule has 0 aliphatic carbocycles. The molecule has 0 fully saturated rings. The van der Waals surface area contributed by atoms with E-state index in [1.54, 1.807) is 54.6 Å². The predicted octanol–water partition coefficient (Wildman–Crippen LogP) is 6.60. The van der Waals surface area contributed by atoms with Gasteiger partial charge in [-0.15, -0.1) is 12.3 Å². The van der Waals surface area contributed by atoms with Crippen LogP contribution in [0.25, 0.3) is 0 Å². The van der Waals surface area contributed by atoms with Gasteiger partial charge in [0, 0.05) is 53.4 Å². The van der Waals surface area contributed by atoms with Crippen molar-refractivity contribution >= 4 is 35.1 Å². The molecule has 1 unspecified atom stereocenters. The molecule has 306 valence electrons. The number of amides is 3. The molecular formula is C45H46N4O10. The van der Waals surface area contributed by atoms with Gasteiger partial charge in [0.25, 0.3) is 5.91 Å². The Balaban J connectivity index is 0.00000378. The van der Waals surface area contributed by atoms with Gasteiger partial charge in [-0.3, -0.25) is 14.4 Å². The number of phenolic OH excluding ortho intramolecular Hbond substituents is 1. The number of nitrogens with zero attached hydrogens (tertiary/aromatic N) is 1. The van der Waals surface area contributed by atoms with Gasteiger partial charge in [-0.1, -0.05) is 38.6 Å². The number of aliphatic hydroxyl groups excluding tert-OH is 2. The molecule has 3 aromatic carbocycles. The lowest BCUT2D eigenvalue weighted by Gasteiger charge is -2.38. The molecule has 1 spiro atoms. The monoisotopic (exact) mass is 802 g/mol. The predicted molar refractivity (Wildman–Crippen MR) is 220 cm³/mol. The second kappa shape index (κ2) is 21.3. The van der Waals surface area contributed by atoms with Crippen LogP contribution in [0, 0.1) is 23.7 Å². The van der Waals surface area contributed by atoms with E-state index in [9.17, 15) is 39.8 Å². The number of ether oxygens (including phenoxy) is 3. The van der Waals surface area contributed by atoms with Crippen molar-refractivity contribution in [3.05, 3.63) is 125 Å². The first-order chi connectivity index (χ1) is 28.5. The Hall–Kier alpha value is -7.29. The van der Waals surface area contributed by atoms with Crippen LogP contribution in [0.1, 0.15) is 73.9 Å². The number of nitrogens with one attached hydrogen (secondary N) is 3. The number of nitriles is 1. The molecule has 3 amide bonds. The third kappa shape index (κ3) is 10.8. The number of carbonyl (C=O) groups excluding carboxylic acids is 4. The van der Waals surface area contributed by atoms with Gasteiger partial charge in [0.2, 0.25) is 11.8 Å². The van der Waals surface area contributed by atoms with Crippen molar-refractivity contribution in [1.82, 2.24) is 5.32 Å². The highest BCUT2D eigenvalue weighted by Crippen LogP contribution is 2.55. The molecule has 2 aliphatic rings. The fourth-order valence-electron chi connectivity index (χ4n) is 6.29. The van der Waals surface area contributed by atoms with Crippen molar-refractivity contribution in [1.29, 1.82) is 5.26 Å². The fraction of sp³-hybridized carbons (Fsp3) is 0.267. The number of terminal acetylenes is 1. The quantitative estimate of drug-likeness (QED) is 0.0227. The number of unbranched alkanes of at least 4 members (excludes halogenated alkanes) is 2. The number of anilines is 2. The number of aliphatic hydroxyl groups is 2. The number of carbonyl (C=O) groups is 4. The van der Waals surface area contributed by atoms with Gasteiger partial charge in [-0.25, -0.2) is 4.79 Å². The first-order valence-corrected chi connectivity index (χ1v) is 18.9. The summed E-state index contributed by atoms with van der Waals surface area (Å²) < 4.78 is 17.8. The molecule has 59 heavy (non-hydrogen) atoms. The van der Waals surface area contributed by atoms with E-state index in [1.165, 1.54) is 30.4 Å². The molecule has 5 rings (SSSR count). The van der Waals surface area contributed by atoms with Crippen LogP contribution in [0.3, 0.4) is 0 Å². The van der Waals surface area contributed by atoms with Gasteiger partial charge < -0.3 is 45.5 Å². The van der Waals surface area contributed by atoms with Crippen LogP contribution >= 0.6 is 0 Å². The maximum Gasteiger partial charge on any atom is 0.340 e. The number of benzene rings is 3. The standard InChI is InChI=1S/C43H40N4O10.C2H6/c1-3-5-10-36(50)32(25-44)41(53)47-27-12-16-30(17-13-27)55-22-8-6-7-11-39(51)45-26-40(52)46-28-14-18-33-31(23-28)42(54)57-43(33)34(9-4-2)37(20-21-48)56-38-24-29(49)15-19-35(38)43;1-2/h1,4,9,12-20,23-24,48-50H,2,5-8,10-11,21-22,26H2,(H,45,51)(H,46,52)(H,47,53);1-2H3/b34-9+,36-32-,37-20+;. The zero-order chi connectivity index (χ0) is 43.0. The summed E-state index contributed by atoms with van der Waals surface area (Å²) in [6, 6.07) is 17.3. The lowest BCUT2D eigenvalue weighted by Crippen LogP contribution is -2.36. The van der Waals surface area contributed by atoms with E-state index < -0.39 is 29.0 Å². The summed E-state index contributed by atoms with van der Waals surface area (Å²) in [5.74, 6) is 0.666. The summed E-state index contributed by atoms with van der Waals surface area (Å²) in [4.78, 5) is 51.0. The summed E-state index contributed by atoms with van der Waals surface area (Å²) in [5.41, 5.74) is 0.292. The molecule has 0 bridgehead atoms. The number of hydrogen-bond acceptors (Lipinski definition) is 11. The van der Waals surface area contributed by atoms with E-state index in [-0.39, 0.29) is 66.9 Å². The zero-order valence-electron chi connectivity index (χ0n) is 32.8. The smallest absolute Gasteiger partial charge is 0.340 e. The first-order valence-electron chi connectivity index (χ1n) is 18.9. The highest BCUT2D eigenvalue weighted by atomic mass is 16.6. The van der Waals surface area contributed by atoms with Crippen molar-refractivity contribution in [2.75, 3.05) is 30.4 Å². The van der Waals surface area contributed by atoms with Crippen LogP contribution in [-0.4, -0.2) is 58.8 Å². The third-order valence-electron chi connectivity index (χ3n) is 8.93. The van der Waals surface area contributed by atoms with Crippen LogP contribution in [0.4, 0.5) is 11.4 Å². The van der Waals surface area contributed by atoms with Crippen LogP contribution in [0.15, 0.2) is 108 Å². The maximum atomic E-state index is 13.4. The van der Waals surface area contributed by atoms with Crippen LogP contribution in [0.2, 0.25) is 0 Å². The van der Waals surface area contributed by atoms with Crippen LogP contribution < -0.4 is 25.4 Å². The molecule has 6 N–H and O–H groups in total. The molecule has 14 nitrogen and oxygen atoms in total. The average Bonchev–Trinajstić information content (AvgIpc) is 3.51. The minimum Gasteiger partial charge on any atom is -0.511 e. The summed E-state index contributed by atoms with van der Waals surface area (Å²) >= 11 is 0. The zero-order valence-corrected chi connectivity index (χ0v) is 32.8. The summed E-state index contributed by atoms with van der Waals surface area (Å²) in [6.07, 6.45) is 12.0. The van der Waals surface area contributed by atoms with Gasteiger partial charge in [-0.2, -0.15) is 5.26 Å². The molecular weight excluding hydrogens is 757 g/mol. The average molecular weight is 803 g/mol. The lowest BCUT2D eigenvalue weighted by molar-refractivity contribution is -0.124. The minimum atomic E-state index is -1.49. The minimum absolute atomic E-state index is 0.0217. The van der Waals surface area contributed by atoms with E-state index in [0.717, 1.165) is 0 Å².